The van der Waals surface area contributed by atoms with E-state index in [4.69, 9.17) is 5.10 Å². The van der Waals surface area contributed by atoms with Gasteiger partial charge in [-0.3, -0.25) is 5.01 Å². The lowest BCUT2D eigenvalue weighted by Crippen LogP contribution is -2.14. The minimum Gasteiger partial charge on any atom is -0.361 e. The van der Waals surface area contributed by atoms with Crippen LogP contribution in [-0.4, -0.2) is 22.8 Å². The summed E-state index contributed by atoms with van der Waals surface area (Å²) in [5.74, 6) is 0. The predicted molar refractivity (Wildman–Crippen MR) is 141 cm³/mol. The molecule has 0 radical (unpaired) electrons. The number of fused-ring (bicyclic) bond motifs is 1. The minimum atomic E-state index is 0.734. The second-order valence-electron chi connectivity index (χ2n) is 8.48. The van der Waals surface area contributed by atoms with E-state index < -0.39 is 0 Å². The third-order valence-electron chi connectivity index (χ3n) is 5.99. The van der Waals surface area contributed by atoms with Crippen molar-refractivity contribution in [3.63, 3.8) is 0 Å². The van der Waals surface area contributed by atoms with Gasteiger partial charge in [-0.05, 0) is 71.9 Å². The van der Waals surface area contributed by atoms with Gasteiger partial charge in [0.15, 0.2) is 0 Å². The van der Waals surface area contributed by atoms with E-state index in [1.165, 1.54) is 38.7 Å². The first-order valence-corrected chi connectivity index (χ1v) is 11.3. The second-order valence-corrected chi connectivity index (χ2v) is 8.48. The molecule has 33 heavy (non-hydrogen) atoms. The highest BCUT2D eigenvalue weighted by atomic mass is 15.4. The van der Waals surface area contributed by atoms with Crippen LogP contribution in [0.5, 0.6) is 0 Å². The fourth-order valence-corrected chi connectivity index (χ4v) is 4.30. The number of H-pyrrole nitrogens is 1. The molecule has 0 atom stereocenters. The van der Waals surface area contributed by atoms with Gasteiger partial charge in [0, 0.05) is 29.7 Å². The highest BCUT2D eigenvalue weighted by molar-refractivity contribution is 6.08. The second kappa shape index (κ2) is 10.2. The summed E-state index contributed by atoms with van der Waals surface area (Å²) < 4.78 is 0. The summed E-state index contributed by atoms with van der Waals surface area (Å²) in [5.41, 5.74) is 9.57. The van der Waals surface area contributed by atoms with Crippen LogP contribution in [0.4, 0.5) is 0 Å². The van der Waals surface area contributed by atoms with Crippen LogP contribution < -0.4 is 0 Å². The van der Waals surface area contributed by atoms with Crippen molar-refractivity contribution in [3.05, 3.63) is 132 Å². The van der Waals surface area contributed by atoms with Crippen molar-refractivity contribution in [1.82, 2.24) is 9.99 Å². The van der Waals surface area contributed by atoms with Crippen molar-refractivity contribution in [2.75, 3.05) is 7.05 Å². The fraction of sp³-hybridized carbons (Fsp3) is 0.167. The number of hydrogen-bond donors (Lipinski definition) is 1. The quantitative estimate of drug-likeness (QED) is 0.175. The van der Waals surface area contributed by atoms with Gasteiger partial charge in [-0.15, -0.1) is 6.58 Å². The molecule has 0 aliphatic rings. The lowest BCUT2D eigenvalue weighted by atomic mass is 9.96. The summed E-state index contributed by atoms with van der Waals surface area (Å²) in [5, 5.41) is 8.10. The molecule has 166 valence electrons. The molecule has 1 N–H and O–H groups in total. The lowest BCUT2D eigenvalue weighted by Gasteiger charge is -2.16. The number of hydrazone groups is 1. The lowest BCUT2D eigenvalue weighted by molar-refractivity contribution is 0.347. The van der Waals surface area contributed by atoms with Crippen LogP contribution in [0.25, 0.3) is 10.9 Å². The summed E-state index contributed by atoms with van der Waals surface area (Å²) >= 11 is 0. The Balaban J connectivity index is 1.53. The zero-order valence-electron chi connectivity index (χ0n) is 19.5. The average molecular weight is 434 g/mol. The first-order valence-electron chi connectivity index (χ1n) is 11.3. The Bertz CT molecular complexity index is 1310. The Morgan fingerprint density at radius 2 is 1.76 bits per heavy atom. The maximum atomic E-state index is 4.84. The third kappa shape index (κ3) is 5.32. The number of rotatable bonds is 9. The average Bonchev–Trinajstić information content (AvgIpc) is 3.30. The maximum Gasteiger partial charge on any atom is 0.0898 e. The third-order valence-corrected chi connectivity index (χ3v) is 5.99. The predicted octanol–water partition coefficient (Wildman–Crippen LogP) is 6.82. The number of aryl methyl sites for hydroxylation is 1. The van der Waals surface area contributed by atoms with Crippen molar-refractivity contribution in [2.24, 2.45) is 5.10 Å². The zero-order valence-corrected chi connectivity index (χ0v) is 19.5. The largest absolute Gasteiger partial charge is 0.361 e. The zero-order chi connectivity index (χ0) is 23.2. The number of benzene rings is 3. The topological polar surface area (TPSA) is 31.4 Å². The number of hydrogen-bond acceptors (Lipinski definition) is 2. The van der Waals surface area contributed by atoms with Crippen LogP contribution >= 0.6 is 0 Å². The Morgan fingerprint density at radius 3 is 2.58 bits per heavy atom. The molecular formula is C30H31N3. The summed E-state index contributed by atoms with van der Waals surface area (Å²) in [7, 11) is 2.00. The molecule has 4 rings (SSSR count). The summed E-state index contributed by atoms with van der Waals surface area (Å²) in [6, 6.07) is 23.7. The normalized spacial score (nSPS) is 11.5. The Kier molecular flexibility index (Phi) is 6.89. The highest BCUT2D eigenvalue weighted by Gasteiger charge is 2.08. The molecule has 0 fully saturated rings. The molecule has 0 aliphatic heterocycles. The van der Waals surface area contributed by atoms with Crippen LogP contribution in [0, 0.1) is 6.92 Å². The molecule has 3 heteroatoms. The summed E-state index contributed by atoms with van der Waals surface area (Å²) in [6.45, 7) is 10.8. The van der Waals surface area contributed by atoms with E-state index >= 15 is 0 Å². The molecule has 1 heterocycles. The Hall–Kier alpha value is -3.85. The van der Waals surface area contributed by atoms with Gasteiger partial charge in [0.2, 0.25) is 0 Å². The first kappa shape index (κ1) is 22.3. The van der Waals surface area contributed by atoms with Crippen LogP contribution in [0.15, 0.2) is 103 Å². The minimum absolute atomic E-state index is 0.734. The molecule has 0 aliphatic carbocycles. The molecule has 0 amide bonds. The van der Waals surface area contributed by atoms with Gasteiger partial charge in [-0.25, -0.2) is 0 Å². The molecule has 0 saturated carbocycles. The van der Waals surface area contributed by atoms with E-state index in [9.17, 15) is 0 Å². The van der Waals surface area contributed by atoms with Crippen LogP contribution in [0.1, 0.15) is 33.4 Å². The van der Waals surface area contributed by atoms with Gasteiger partial charge in [0.1, 0.15) is 0 Å². The van der Waals surface area contributed by atoms with Crippen molar-refractivity contribution >= 4 is 16.6 Å². The highest BCUT2D eigenvalue weighted by Crippen LogP contribution is 2.23. The van der Waals surface area contributed by atoms with Gasteiger partial charge in [0.05, 0.1) is 12.3 Å². The summed E-state index contributed by atoms with van der Waals surface area (Å²) in [6.07, 6.45) is 7.53. The molecule has 0 bridgehead atoms. The molecule has 4 aromatic rings. The van der Waals surface area contributed by atoms with Gasteiger partial charge < -0.3 is 4.98 Å². The molecule has 3 aromatic carbocycles. The molecular weight excluding hydrogens is 402 g/mol. The first-order chi connectivity index (χ1) is 16.1. The van der Waals surface area contributed by atoms with E-state index in [1.807, 2.05) is 30.4 Å². The van der Waals surface area contributed by atoms with Gasteiger partial charge in [-0.1, -0.05) is 61.2 Å². The number of nitrogens with zero attached hydrogens (tertiary/aromatic N) is 2. The van der Waals surface area contributed by atoms with Crippen LogP contribution in [-0.2, 0) is 19.4 Å². The molecule has 0 saturated heterocycles. The monoisotopic (exact) mass is 433 g/mol. The Labute approximate surface area is 196 Å². The maximum absolute atomic E-state index is 4.84. The molecule has 1 aromatic heterocycles. The van der Waals surface area contributed by atoms with Gasteiger partial charge >= 0.3 is 0 Å². The summed E-state index contributed by atoms with van der Waals surface area (Å²) in [4.78, 5) is 3.29. The molecule has 0 spiro atoms. The van der Waals surface area contributed by atoms with Crippen LogP contribution in [0.2, 0.25) is 0 Å². The number of aromatic nitrogens is 1. The number of aromatic amines is 1. The van der Waals surface area contributed by atoms with Gasteiger partial charge in [-0.2, -0.15) is 5.10 Å². The molecule has 3 nitrogen and oxygen atoms in total. The SMILES string of the molecule is C=CCc1cccc(CN(C)/N=C(\C=C)c2cccc(Cc3ccc4[nH]ccc4c3C)c2)c1. The Morgan fingerprint density at radius 1 is 0.970 bits per heavy atom. The van der Waals surface area contributed by atoms with Crippen molar-refractivity contribution in [2.45, 2.75) is 26.3 Å². The van der Waals surface area contributed by atoms with Crippen LogP contribution in [0.3, 0.4) is 0 Å². The molecule has 0 unspecified atom stereocenters. The fourth-order valence-electron chi connectivity index (χ4n) is 4.30. The number of nitrogens with one attached hydrogen (secondary N) is 1. The number of allylic oxidation sites excluding steroid dienone is 2. The smallest absolute Gasteiger partial charge is 0.0898 e. The van der Waals surface area contributed by atoms with E-state index in [0.717, 1.165) is 30.7 Å². The van der Waals surface area contributed by atoms with E-state index in [1.54, 1.807) is 0 Å². The van der Waals surface area contributed by atoms with Crippen molar-refractivity contribution in [1.29, 1.82) is 0 Å². The van der Waals surface area contributed by atoms with E-state index in [-0.39, 0.29) is 0 Å². The van der Waals surface area contributed by atoms with Gasteiger partial charge in [0.25, 0.3) is 0 Å². The standard InChI is InChI=1S/C30H31N3/c1-5-9-23-10-7-12-25(18-23)21-33(4)32-29(6-2)27-13-8-11-24(20-27)19-26-14-15-30-28(22(26)3)16-17-31-30/h5-8,10-18,20,31H,1-2,9,19,21H2,3-4H3/b32-29+. The van der Waals surface area contributed by atoms with E-state index in [0.29, 0.717) is 0 Å². The van der Waals surface area contributed by atoms with Crippen molar-refractivity contribution < 1.29 is 0 Å². The van der Waals surface area contributed by atoms with Crippen molar-refractivity contribution in [3.8, 4) is 0 Å². The van der Waals surface area contributed by atoms with E-state index in [2.05, 4.69) is 91.8 Å².